The van der Waals surface area contributed by atoms with E-state index in [9.17, 15) is 9.90 Å². The number of ether oxygens (including phenoxy) is 1. The highest BCUT2D eigenvalue weighted by molar-refractivity contribution is 5.82. The molecule has 0 aromatic rings. The van der Waals surface area contributed by atoms with Crippen LogP contribution in [0.15, 0.2) is 0 Å². The van der Waals surface area contributed by atoms with Crippen molar-refractivity contribution in [3.05, 3.63) is 0 Å². The van der Waals surface area contributed by atoms with Crippen molar-refractivity contribution < 1.29 is 14.6 Å². The van der Waals surface area contributed by atoms with E-state index < -0.39 is 11.0 Å². The fourth-order valence-electron chi connectivity index (χ4n) is 3.16. The third-order valence-corrected chi connectivity index (χ3v) is 4.50. The maximum atomic E-state index is 11.9. The summed E-state index contributed by atoms with van der Waals surface area (Å²) in [5.41, 5.74) is -1.48. The first kappa shape index (κ1) is 11.9. The van der Waals surface area contributed by atoms with Crippen molar-refractivity contribution in [3.63, 3.8) is 0 Å². The first-order valence-electron chi connectivity index (χ1n) is 5.95. The topological polar surface area (TPSA) is 49.8 Å². The van der Waals surface area contributed by atoms with Crippen LogP contribution < -0.4 is 0 Å². The van der Waals surface area contributed by atoms with E-state index in [0.717, 1.165) is 19.5 Å². The Morgan fingerprint density at radius 1 is 1.44 bits per heavy atom. The summed E-state index contributed by atoms with van der Waals surface area (Å²) in [5.74, 6) is 0.0143. The third-order valence-electron chi connectivity index (χ3n) is 4.50. The van der Waals surface area contributed by atoms with Crippen molar-refractivity contribution in [3.8, 4) is 0 Å². The standard InChI is InChI=1S/C12H21NO3/c1-9-8-12(9,10(14)16-3)11(15)4-6-13(2)7-5-11/h9,15H,4-8H2,1-3H3. The van der Waals surface area contributed by atoms with E-state index in [4.69, 9.17) is 4.74 Å². The van der Waals surface area contributed by atoms with E-state index in [1.165, 1.54) is 7.11 Å². The monoisotopic (exact) mass is 227 g/mol. The molecule has 0 bridgehead atoms. The van der Waals surface area contributed by atoms with Crippen molar-refractivity contribution in [2.75, 3.05) is 27.2 Å². The van der Waals surface area contributed by atoms with E-state index >= 15 is 0 Å². The summed E-state index contributed by atoms with van der Waals surface area (Å²) in [6.45, 7) is 3.72. The van der Waals surface area contributed by atoms with Crippen LogP contribution >= 0.6 is 0 Å². The van der Waals surface area contributed by atoms with Crippen molar-refractivity contribution in [2.45, 2.75) is 31.8 Å². The molecule has 0 aromatic heterocycles. The minimum Gasteiger partial charge on any atom is -0.468 e. The highest BCUT2D eigenvalue weighted by Gasteiger charge is 2.69. The van der Waals surface area contributed by atoms with Gasteiger partial charge in [0.25, 0.3) is 0 Å². The predicted molar refractivity (Wildman–Crippen MR) is 59.9 cm³/mol. The lowest BCUT2D eigenvalue weighted by molar-refractivity contribution is -0.165. The molecule has 2 rings (SSSR count). The Bertz CT molecular complexity index is 297. The highest BCUT2D eigenvalue weighted by atomic mass is 16.5. The Morgan fingerprint density at radius 3 is 2.31 bits per heavy atom. The van der Waals surface area contributed by atoms with Gasteiger partial charge in [-0.3, -0.25) is 4.79 Å². The second kappa shape index (κ2) is 3.70. The first-order valence-corrected chi connectivity index (χ1v) is 5.95. The second-order valence-electron chi connectivity index (χ2n) is 5.40. The molecule has 2 atom stereocenters. The fraction of sp³-hybridized carbons (Fsp3) is 0.917. The van der Waals surface area contributed by atoms with Crippen LogP contribution in [-0.4, -0.2) is 48.8 Å². The maximum absolute atomic E-state index is 11.9. The van der Waals surface area contributed by atoms with Gasteiger partial charge in [-0.05, 0) is 32.2 Å². The Hall–Kier alpha value is -0.610. The molecular formula is C12H21NO3. The quantitative estimate of drug-likeness (QED) is 0.703. The van der Waals surface area contributed by atoms with Crippen LogP contribution in [0.5, 0.6) is 0 Å². The van der Waals surface area contributed by atoms with Crippen molar-refractivity contribution in [1.82, 2.24) is 4.90 Å². The molecule has 1 saturated heterocycles. The second-order valence-corrected chi connectivity index (χ2v) is 5.40. The molecule has 0 amide bonds. The van der Waals surface area contributed by atoms with E-state index in [2.05, 4.69) is 4.90 Å². The summed E-state index contributed by atoms with van der Waals surface area (Å²) < 4.78 is 4.88. The number of carbonyl (C=O) groups is 1. The smallest absolute Gasteiger partial charge is 0.315 e. The molecule has 4 nitrogen and oxygen atoms in total. The van der Waals surface area contributed by atoms with Crippen LogP contribution in [-0.2, 0) is 9.53 Å². The Kier molecular flexibility index (Phi) is 2.75. The number of esters is 1. The molecule has 0 aromatic carbocycles. The number of aliphatic hydroxyl groups is 1. The zero-order valence-electron chi connectivity index (χ0n) is 10.3. The zero-order valence-corrected chi connectivity index (χ0v) is 10.3. The number of rotatable bonds is 2. The van der Waals surface area contributed by atoms with E-state index in [-0.39, 0.29) is 11.9 Å². The average Bonchev–Trinajstić information content (AvgIpc) is 2.96. The molecule has 1 aliphatic heterocycles. The van der Waals surface area contributed by atoms with Crippen LogP contribution in [0.2, 0.25) is 0 Å². The lowest BCUT2D eigenvalue weighted by Gasteiger charge is -2.41. The number of methoxy groups -OCH3 is 1. The van der Waals surface area contributed by atoms with Gasteiger partial charge < -0.3 is 14.7 Å². The largest absolute Gasteiger partial charge is 0.468 e. The van der Waals surface area contributed by atoms with Crippen molar-refractivity contribution in [1.29, 1.82) is 0 Å². The minimum absolute atomic E-state index is 0.230. The summed E-state index contributed by atoms with van der Waals surface area (Å²) in [7, 11) is 3.45. The number of likely N-dealkylation sites (tertiary alicyclic amines) is 1. The number of piperidine rings is 1. The van der Waals surface area contributed by atoms with Gasteiger partial charge in [0.15, 0.2) is 0 Å². The number of hydrogen-bond donors (Lipinski definition) is 1. The summed E-state index contributed by atoms with van der Waals surface area (Å²) in [6.07, 6.45) is 2.10. The fourth-order valence-corrected chi connectivity index (χ4v) is 3.16. The van der Waals surface area contributed by atoms with Gasteiger partial charge >= 0.3 is 5.97 Å². The molecule has 1 saturated carbocycles. The molecule has 2 aliphatic rings. The third kappa shape index (κ3) is 1.47. The van der Waals surface area contributed by atoms with Gasteiger partial charge in [0.05, 0.1) is 18.1 Å². The minimum atomic E-state index is -0.855. The number of nitrogens with zero attached hydrogens (tertiary/aromatic N) is 1. The van der Waals surface area contributed by atoms with Gasteiger partial charge in [0.1, 0.15) is 0 Å². The lowest BCUT2D eigenvalue weighted by Crippen LogP contribution is -2.52. The first-order chi connectivity index (χ1) is 7.46. The van der Waals surface area contributed by atoms with Gasteiger partial charge in [-0.25, -0.2) is 0 Å². The van der Waals surface area contributed by atoms with Crippen LogP contribution in [0.25, 0.3) is 0 Å². The van der Waals surface area contributed by atoms with Crippen molar-refractivity contribution in [2.24, 2.45) is 11.3 Å². The molecule has 1 heterocycles. The molecule has 0 radical (unpaired) electrons. The van der Waals surface area contributed by atoms with Crippen LogP contribution in [0.3, 0.4) is 0 Å². The van der Waals surface area contributed by atoms with E-state index in [1.807, 2.05) is 14.0 Å². The van der Waals surface area contributed by atoms with Gasteiger partial charge in [-0.1, -0.05) is 6.92 Å². The molecule has 2 unspecified atom stereocenters. The number of carbonyl (C=O) groups excluding carboxylic acids is 1. The molecule has 92 valence electrons. The lowest BCUT2D eigenvalue weighted by atomic mass is 9.75. The summed E-state index contributed by atoms with van der Waals surface area (Å²) >= 11 is 0. The SMILES string of the molecule is COC(=O)C1(C2(O)CCN(C)CC2)CC1C. The highest BCUT2D eigenvalue weighted by Crippen LogP contribution is 2.62. The molecule has 4 heteroatoms. The summed E-state index contributed by atoms with van der Waals surface area (Å²) in [4.78, 5) is 14.1. The van der Waals surface area contributed by atoms with Gasteiger partial charge in [-0.2, -0.15) is 0 Å². The Labute approximate surface area is 96.6 Å². The molecular weight excluding hydrogens is 206 g/mol. The molecule has 16 heavy (non-hydrogen) atoms. The maximum Gasteiger partial charge on any atom is 0.315 e. The normalized spacial score (nSPS) is 38.1. The van der Waals surface area contributed by atoms with Crippen LogP contribution in [0.1, 0.15) is 26.2 Å². The summed E-state index contributed by atoms with van der Waals surface area (Å²) in [5, 5.41) is 10.7. The summed E-state index contributed by atoms with van der Waals surface area (Å²) in [6, 6.07) is 0. The zero-order chi connectivity index (χ0) is 12.0. The van der Waals surface area contributed by atoms with Gasteiger partial charge in [0.2, 0.25) is 0 Å². The van der Waals surface area contributed by atoms with E-state index in [0.29, 0.717) is 12.8 Å². The van der Waals surface area contributed by atoms with Gasteiger partial charge in [-0.15, -0.1) is 0 Å². The molecule has 1 N–H and O–H groups in total. The Balaban J connectivity index is 2.19. The van der Waals surface area contributed by atoms with Gasteiger partial charge in [0, 0.05) is 13.1 Å². The molecule has 1 aliphatic carbocycles. The van der Waals surface area contributed by atoms with Crippen LogP contribution in [0.4, 0.5) is 0 Å². The van der Waals surface area contributed by atoms with Crippen LogP contribution in [0, 0.1) is 11.3 Å². The number of hydrogen-bond acceptors (Lipinski definition) is 4. The molecule has 0 spiro atoms. The van der Waals surface area contributed by atoms with Crippen molar-refractivity contribution >= 4 is 5.97 Å². The Morgan fingerprint density at radius 2 is 1.94 bits per heavy atom. The predicted octanol–water partition coefficient (Wildman–Crippen LogP) is 0.642. The molecule has 2 fully saturated rings. The van der Waals surface area contributed by atoms with E-state index in [1.54, 1.807) is 0 Å². The average molecular weight is 227 g/mol.